The molecule has 2 N–H and O–H groups in total. The van der Waals surface area contributed by atoms with E-state index in [1.54, 1.807) is 38.5 Å². The summed E-state index contributed by atoms with van der Waals surface area (Å²) >= 11 is 0. The molecule has 29 heavy (non-hydrogen) atoms. The van der Waals surface area contributed by atoms with Crippen LogP contribution in [0.15, 0.2) is 42.5 Å². The van der Waals surface area contributed by atoms with Gasteiger partial charge in [-0.2, -0.15) is 0 Å². The van der Waals surface area contributed by atoms with Crippen LogP contribution in [0.2, 0.25) is 0 Å². The van der Waals surface area contributed by atoms with E-state index in [1.807, 2.05) is 12.1 Å². The molecule has 0 bridgehead atoms. The van der Waals surface area contributed by atoms with Crippen molar-refractivity contribution in [2.24, 2.45) is 0 Å². The highest BCUT2D eigenvalue weighted by Crippen LogP contribution is 2.27. The minimum atomic E-state index is -0.646. The summed E-state index contributed by atoms with van der Waals surface area (Å²) in [7, 11) is 3.12. The van der Waals surface area contributed by atoms with E-state index in [2.05, 4.69) is 10.6 Å². The van der Waals surface area contributed by atoms with Crippen molar-refractivity contribution in [3.63, 3.8) is 0 Å². The second-order valence-corrected chi connectivity index (χ2v) is 6.13. The number of hydrogen-bond acceptors (Lipinski definition) is 6. The van der Waals surface area contributed by atoms with E-state index >= 15 is 0 Å². The van der Waals surface area contributed by atoms with Crippen LogP contribution in [0.5, 0.6) is 11.5 Å². The maximum absolute atomic E-state index is 12.1. The van der Waals surface area contributed by atoms with Crippen LogP contribution in [0.25, 0.3) is 0 Å². The van der Waals surface area contributed by atoms with E-state index in [0.29, 0.717) is 30.2 Å². The number of rotatable bonds is 9. The van der Waals surface area contributed by atoms with Gasteiger partial charge in [-0.3, -0.25) is 9.59 Å². The Morgan fingerprint density at radius 3 is 2.41 bits per heavy atom. The summed E-state index contributed by atoms with van der Waals surface area (Å²) in [5, 5.41) is 5.28. The molecule has 0 spiro atoms. The standard InChI is InChI=1S/C21H24N2O6/c1-14(24)23-17-6-4-5-16(12-17)21(26)29-13-20(25)22-10-9-15-7-8-18(27-2)19(11-15)28-3/h4-8,11-12H,9-10,13H2,1-3H3,(H,22,25)(H,23,24). The predicted molar refractivity (Wildman–Crippen MR) is 107 cm³/mol. The first kappa shape index (κ1) is 21.7. The fraction of sp³-hybridized carbons (Fsp3) is 0.286. The van der Waals surface area contributed by atoms with Crippen LogP contribution in [-0.2, 0) is 20.7 Å². The molecular weight excluding hydrogens is 376 g/mol. The van der Waals surface area contributed by atoms with Gasteiger partial charge in [-0.1, -0.05) is 12.1 Å². The van der Waals surface area contributed by atoms with Crippen LogP contribution < -0.4 is 20.1 Å². The Bertz CT molecular complexity index is 881. The van der Waals surface area contributed by atoms with Gasteiger partial charge >= 0.3 is 5.97 Å². The highest BCUT2D eigenvalue weighted by molar-refractivity contribution is 5.94. The number of benzene rings is 2. The van der Waals surface area contributed by atoms with Gasteiger partial charge in [0.05, 0.1) is 19.8 Å². The fourth-order valence-electron chi connectivity index (χ4n) is 2.58. The Balaban J connectivity index is 1.78. The van der Waals surface area contributed by atoms with Crippen molar-refractivity contribution >= 4 is 23.5 Å². The first-order valence-corrected chi connectivity index (χ1v) is 8.95. The minimum absolute atomic E-state index is 0.245. The molecule has 2 aromatic carbocycles. The molecule has 2 amide bonds. The normalized spacial score (nSPS) is 10.0. The second kappa shape index (κ2) is 10.7. The number of carbonyl (C=O) groups excluding carboxylic acids is 3. The number of nitrogens with one attached hydrogen (secondary N) is 2. The molecule has 0 unspecified atom stereocenters. The summed E-state index contributed by atoms with van der Waals surface area (Å²) in [6, 6.07) is 11.8. The molecule has 8 heteroatoms. The zero-order chi connectivity index (χ0) is 21.2. The first-order valence-electron chi connectivity index (χ1n) is 8.95. The zero-order valence-electron chi connectivity index (χ0n) is 16.6. The summed E-state index contributed by atoms with van der Waals surface area (Å²) in [5.41, 5.74) is 1.69. The molecule has 0 aliphatic heterocycles. The molecule has 0 saturated heterocycles. The van der Waals surface area contributed by atoms with E-state index in [1.165, 1.54) is 13.0 Å². The molecule has 0 radical (unpaired) electrons. The average Bonchev–Trinajstić information content (AvgIpc) is 2.71. The largest absolute Gasteiger partial charge is 0.493 e. The summed E-state index contributed by atoms with van der Waals surface area (Å²) in [6.45, 7) is 1.36. The van der Waals surface area contributed by atoms with E-state index in [-0.39, 0.29) is 11.5 Å². The van der Waals surface area contributed by atoms with Gasteiger partial charge in [0.15, 0.2) is 18.1 Å². The van der Waals surface area contributed by atoms with Crippen molar-refractivity contribution < 1.29 is 28.6 Å². The Labute approximate surface area is 169 Å². The molecule has 0 aliphatic rings. The molecule has 0 aliphatic carbocycles. The van der Waals surface area contributed by atoms with Crippen molar-refractivity contribution in [3.05, 3.63) is 53.6 Å². The van der Waals surface area contributed by atoms with E-state index < -0.39 is 18.5 Å². The molecule has 154 valence electrons. The third-order valence-electron chi connectivity index (χ3n) is 3.94. The number of ether oxygens (including phenoxy) is 3. The topological polar surface area (TPSA) is 103 Å². The van der Waals surface area contributed by atoms with Gasteiger partial charge in [-0.05, 0) is 42.3 Å². The van der Waals surface area contributed by atoms with Gasteiger partial charge in [0.1, 0.15) is 0 Å². The van der Waals surface area contributed by atoms with Gasteiger partial charge in [0.2, 0.25) is 5.91 Å². The number of esters is 1. The average molecular weight is 400 g/mol. The highest BCUT2D eigenvalue weighted by atomic mass is 16.5. The van der Waals surface area contributed by atoms with Crippen molar-refractivity contribution in [2.75, 3.05) is 32.7 Å². The quantitative estimate of drug-likeness (QED) is 0.626. The third-order valence-corrected chi connectivity index (χ3v) is 3.94. The number of anilines is 1. The molecule has 8 nitrogen and oxygen atoms in total. The van der Waals surface area contributed by atoms with E-state index in [9.17, 15) is 14.4 Å². The minimum Gasteiger partial charge on any atom is -0.493 e. The summed E-state index contributed by atoms with van der Waals surface area (Å²) < 4.78 is 15.5. The predicted octanol–water partition coefficient (Wildman–Crippen LogP) is 2.18. The van der Waals surface area contributed by atoms with Crippen molar-refractivity contribution in [3.8, 4) is 11.5 Å². The van der Waals surface area contributed by atoms with Crippen LogP contribution in [0.1, 0.15) is 22.8 Å². The molecule has 0 atom stereocenters. The van der Waals surface area contributed by atoms with Crippen LogP contribution >= 0.6 is 0 Å². The Morgan fingerprint density at radius 1 is 0.966 bits per heavy atom. The first-order chi connectivity index (χ1) is 13.9. The van der Waals surface area contributed by atoms with Crippen LogP contribution in [0.3, 0.4) is 0 Å². The van der Waals surface area contributed by atoms with Crippen LogP contribution in [0.4, 0.5) is 5.69 Å². The molecule has 0 heterocycles. The van der Waals surface area contributed by atoms with Crippen molar-refractivity contribution in [2.45, 2.75) is 13.3 Å². The van der Waals surface area contributed by atoms with Gasteiger partial charge in [0, 0.05) is 19.2 Å². The van der Waals surface area contributed by atoms with Gasteiger partial charge < -0.3 is 24.8 Å². The lowest BCUT2D eigenvalue weighted by molar-refractivity contribution is -0.124. The van der Waals surface area contributed by atoms with Crippen molar-refractivity contribution in [1.82, 2.24) is 5.32 Å². The summed E-state index contributed by atoms with van der Waals surface area (Å²) in [4.78, 5) is 35.1. The number of methoxy groups -OCH3 is 2. The maximum Gasteiger partial charge on any atom is 0.338 e. The second-order valence-electron chi connectivity index (χ2n) is 6.13. The SMILES string of the molecule is COc1ccc(CCNC(=O)COC(=O)c2cccc(NC(C)=O)c2)cc1OC. The Kier molecular flexibility index (Phi) is 8.02. The summed E-state index contributed by atoms with van der Waals surface area (Å²) in [6.07, 6.45) is 0.582. The fourth-order valence-corrected chi connectivity index (χ4v) is 2.58. The number of amides is 2. The lowest BCUT2D eigenvalue weighted by Crippen LogP contribution is -2.30. The van der Waals surface area contributed by atoms with Gasteiger partial charge in [-0.15, -0.1) is 0 Å². The molecule has 0 fully saturated rings. The lowest BCUT2D eigenvalue weighted by atomic mass is 10.1. The molecule has 2 aromatic rings. The zero-order valence-corrected chi connectivity index (χ0v) is 16.6. The number of carbonyl (C=O) groups is 3. The van der Waals surface area contributed by atoms with Gasteiger partial charge in [0.25, 0.3) is 5.91 Å². The Morgan fingerprint density at radius 2 is 1.72 bits per heavy atom. The van der Waals surface area contributed by atoms with Crippen LogP contribution in [0, 0.1) is 0 Å². The molecule has 0 aromatic heterocycles. The highest BCUT2D eigenvalue weighted by Gasteiger charge is 2.11. The number of hydrogen-bond donors (Lipinski definition) is 2. The summed E-state index contributed by atoms with van der Waals surface area (Å²) in [5.74, 6) is -0.0463. The van der Waals surface area contributed by atoms with Crippen LogP contribution in [-0.4, -0.2) is 45.2 Å². The third kappa shape index (κ3) is 6.84. The monoisotopic (exact) mass is 400 g/mol. The lowest BCUT2D eigenvalue weighted by Gasteiger charge is -2.10. The maximum atomic E-state index is 12.1. The smallest absolute Gasteiger partial charge is 0.338 e. The van der Waals surface area contributed by atoms with Crippen molar-refractivity contribution in [1.29, 1.82) is 0 Å². The molecule has 0 saturated carbocycles. The van der Waals surface area contributed by atoms with Gasteiger partial charge in [-0.25, -0.2) is 4.79 Å². The van der Waals surface area contributed by atoms with E-state index in [4.69, 9.17) is 14.2 Å². The van der Waals surface area contributed by atoms with E-state index in [0.717, 1.165) is 5.56 Å². The molecular formula is C21H24N2O6. The Hall–Kier alpha value is -3.55. The molecule has 2 rings (SSSR count).